The first-order chi connectivity index (χ1) is 6.22. The van der Waals surface area contributed by atoms with E-state index in [-0.39, 0.29) is 5.60 Å². The van der Waals surface area contributed by atoms with Crippen LogP contribution in [-0.2, 0) is 4.74 Å². The second kappa shape index (κ2) is 3.45. The molecule has 1 atom stereocenters. The predicted molar refractivity (Wildman–Crippen MR) is 54.7 cm³/mol. The third kappa shape index (κ3) is 1.80. The van der Waals surface area contributed by atoms with Gasteiger partial charge in [0.25, 0.3) is 0 Å². The van der Waals surface area contributed by atoms with Crippen LogP contribution in [0.5, 0.6) is 0 Å². The summed E-state index contributed by atoms with van der Waals surface area (Å²) in [5.74, 6) is 0. The third-order valence-corrected chi connectivity index (χ3v) is 3.57. The van der Waals surface area contributed by atoms with Crippen molar-refractivity contribution in [2.24, 2.45) is 0 Å². The number of hydrogen-bond donors (Lipinski definition) is 0. The fourth-order valence-electron chi connectivity index (χ4n) is 2.72. The van der Waals surface area contributed by atoms with Crippen LogP contribution in [-0.4, -0.2) is 11.7 Å². The highest BCUT2D eigenvalue weighted by Crippen LogP contribution is 2.43. The molecular weight excluding hydrogens is 160 g/mol. The minimum atomic E-state index is 0.266. The summed E-state index contributed by atoms with van der Waals surface area (Å²) in [4.78, 5) is 0. The first kappa shape index (κ1) is 9.26. The van der Waals surface area contributed by atoms with Crippen LogP contribution in [0.3, 0.4) is 0 Å². The standard InChI is InChI=1S/C12H20O/c1-10(2)11-6-9-12(13-11)7-4-3-5-8-12/h11H,1,3-9H2,2H3. The van der Waals surface area contributed by atoms with E-state index in [1.54, 1.807) is 0 Å². The fourth-order valence-corrected chi connectivity index (χ4v) is 2.72. The highest BCUT2D eigenvalue weighted by molar-refractivity contribution is 5.04. The first-order valence-electron chi connectivity index (χ1n) is 5.55. The van der Waals surface area contributed by atoms with Crippen molar-refractivity contribution in [2.45, 2.75) is 63.6 Å². The van der Waals surface area contributed by atoms with Gasteiger partial charge < -0.3 is 4.74 Å². The summed E-state index contributed by atoms with van der Waals surface area (Å²) < 4.78 is 6.15. The molecule has 1 aliphatic carbocycles. The van der Waals surface area contributed by atoms with E-state index in [0.29, 0.717) is 6.10 Å². The van der Waals surface area contributed by atoms with Crippen molar-refractivity contribution < 1.29 is 4.74 Å². The largest absolute Gasteiger partial charge is 0.367 e. The van der Waals surface area contributed by atoms with Gasteiger partial charge in [-0.3, -0.25) is 0 Å². The Morgan fingerprint density at radius 2 is 1.92 bits per heavy atom. The Morgan fingerprint density at radius 3 is 2.46 bits per heavy atom. The van der Waals surface area contributed by atoms with Crippen molar-refractivity contribution in [3.05, 3.63) is 12.2 Å². The second-order valence-electron chi connectivity index (χ2n) is 4.74. The molecule has 1 saturated heterocycles. The fraction of sp³-hybridized carbons (Fsp3) is 0.833. The number of hydrogen-bond acceptors (Lipinski definition) is 1. The summed E-state index contributed by atoms with van der Waals surface area (Å²) in [6.45, 7) is 6.08. The third-order valence-electron chi connectivity index (χ3n) is 3.57. The van der Waals surface area contributed by atoms with Crippen LogP contribution in [0, 0.1) is 0 Å². The van der Waals surface area contributed by atoms with Gasteiger partial charge in [0.15, 0.2) is 0 Å². The maximum atomic E-state index is 6.15. The maximum Gasteiger partial charge on any atom is 0.0788 e. The molecule has 2 fully saturated rings. The van der Waals surface area contributed by atoms with Gasteiger partial charge in [-0.05, 0) is 32.6 Å². The Kier molecular flexibility index (Phi) is 2.46. The Labute approximate surface area is 81.2 Å². The Bertz CT molecular complexity index is 201. The lowest BCUT2D eigenvalue weighted by molar-refractivity contribution is -0.0513. The van der Waals surface area contributed by atoms with Crippen LogP contribution < -0.4 is 0 Å². The summed E-state index contributed by atoms with van der Waals surface area (Å²) in [5, 5.41) is 0. The Hall–Kier alpha value is -0.300. The lowest BCUT2D eigenvalue weighted by atomic mass is 9.83. The van der Waals surface area contributed by atoms with Crippen molar-refractivity contribution in [3.8, 4) is 0 Å². The van der Waals surface area contributed by atoms with E-state index in [1.807, 2.05) is 0 Å². The molecule has 0 aromatic carbocycles. The van der Waals surface area contributed by atoms with Crippen LogP contribution in [0.15, 0.2) is 12.2 Å². The smallest absolute Gasteiger partial charge is 0.0788 e. The molecule has 0 aromatic heterocycles. The lowest BCUT2D eigenvalue weighted by Gasteiger charge is -2.33. The van der Waals surface area contributed by atoms with Crippen LogP contribution in [0.1, 0.15) is 51.9 Å². The minimum Gasteiger partial charge on any atom is -0.367 e. The number of ether oxygens (including phenoxy) is 1. The summed E-state index contributed by atoms with van der Waals surface area (Å²) in [6.07, 6.45) is 9.54. The van der Waals surface area contributed by atoms with E-state index >= 15 is 0 Å². The van der Waals surface area contributed by atoms with Crippen molar-refractivity contribution in [2.75, 3.05) is 0 Å². The molecule has 0 N–H and O–H groups in total. The van der Waals surface area contributed by atoms with Gasteiger partial charge >= 0.3 is 0 Å². The highest BCUT2D eigenvalue weighted by Gasteiger charge is 2.40. The SMILES string of the molecule is C=C(C)C1CCC2(CCCCC2)O1. The van der Waals surface area contributed by atoms with Crippen LogP contribution in [0.4, 0.5) is 0 Å². The molecule has 13 heavy (non-hydrogen) atoms. The zero-order chi connectivity index (χ0) is 9.31. The molecule has 1 spiro atoms. The number of rotatable bonds is 1. The molecule has 1 heteroatoms. The molecule has 0 aromatic rings. The van der Waals surface area contributed by atoms with Gasteiger partial charge in [-0.25, -0.2) is 0 Å². The Balaban J connectivity index is 1.98. The van der Waals surface area contributed by atoms with Crippen molar-refractivity contribution >= 4 is 0 Å². The van der Waals surface area contributed by atoms with E-state index in [2.05, 4.69) is 13.5 Å². The molecule has 2 rings (SSSR count). The van der Waals surface area contributed by atoms with Gasteiger partial charge in [0.05, 0.1) is 11.7 Å². The van der Waals surface area contributed by atoms with E-state index in [1.165, 1.54) is 50.5 Å². The summed E-state index contributed by atoms with van der Waals surface area (Å²) in [6, 6.07) is 0. The van der Waals surface area contributed by atoms with E-state index in [9.17, 15) is 0 Å². The summed E-state index contributed by atoms with van der Waals surface area (Å²) in [5.41, 5.74) is 1.48. The molecule has 1 saturated carbocycles. The average Bonchev–Trinajstić information content (AvgIpc) is 2.51. The molecule has 0 amide bonds. The van der Waals surface area contributed by atoms with Gasteiger partial charge in [-0.15, -0.1) is 0 Å². The predicted octanol–water partition coefficient (Wildman–Crippen LogP) is 3.44. The van der Waals surface area contributed by atoms with E-state index in [4.69, 9.17) is 4.74 Å². The molecule has 74 valence electrons. The molecule has 1 heterocycles. The highest BCUT2D eigenvalue weighted by atomic mass is 16.5. The molecule has 1 unspecified atom stereocenters. The van der Waals surface area contributed by atoms with Gasteiger partial charge in [-0.2, -0.15) is 0 Å². The molecule has 2 aliphatic rings. The lowest BCUT2D eigenvalue weighted by Crippen LogP contribution is -2.31. The van der Waals surface area contributed by atoms with Gasteiger partial charge in [-0.1, -0.05) is 31.4 Å². The van der Waals surface area contributed by atoms with Gasteiger partial charge in [0, 0.05) is 0 Å². The zero-order valence-electron chi connectivity index (χ0n) is 8.64. The average molecular weight is 180 g/mol. The van der Waals surface area contributed by atoms with Crippen LogP contribution >= 0.6 is 0 Å². The van der Waals surface area contributed by atoms with Crippen LogP contribution in [0.2, 0.25) is 0 Å². The zero-order valence-corrected chi connectivity index (χ0v) is 8.64. The second-order valence-corrected chi connectivity index (χ2v) is 4.74. The van der Waals surface area contributed by atoms with Crippen molar-refractivity contribution in [1.82, 2.24) is 0 Å². The Morgan fingerprint density at radius 1 is 1.23 bits per heavy atom. The van der Waals surface area contributed by atoms with E-state index < -0.39 is 0 Å². The van der Waals surface area contributed by atoms with Gasteiger partial charge in [0.2, 0.25) is 0 Å². The summed E-state index contributed by atoms with van der Waals surface area (Å²) in [7, 11) is 0. The topological polar surface area (TPSA) is 9.23 Å². The molecule has 1 aliphatic heterocycles. The normalized spacial score (nSPS) is 32.2. The minimum absolute atomic E-state index is 0.266. The summed E-state index contributed by atoms with van der Waals surface area (Å²) >= 11 is 0. The molecule has 0 bridgehead atoms. The first-order valence-corrected chi connectivity index (χ1v) is 5.55. The monoisotopic (exact) mass is 180 g/mol. The molecule has 1 nitrogen and oxygen atoms in total. The van der Waals surface area contributed by atoms with Crippen molar-refractivity contribution in [1.29, 1.82) is 0 Å². The molecular formula is C12H20O. The van der Waals surface area contributed by atoms with E-state index in [0.717, 1.165) is 0 Å². The maximum absolute atomic E-state index is 6.15. The van der Waals surface area contributed by atoms with Crippen LogP contribution in [0.25, 0.3) is 0 Å². The quantitative estimate of drug-likeness (QED) is 0.562. The van der Waals surface area contributed by atoms with Crippen molar-refractivity contribution in [3.63, 3.8) is 0 Å². The van der Waals surface area contributed by atoms with Gasteiger partial charge in [0.1, 0.15) is 0 Å². The molecule has 0 radical (unpaired) electrons.